The van der Waals surface area contributed by atoms with Gasteiger partial charge in [-0.25, -0.2) is 4.39 Å². The van der Waals surface area contributed by atoms with Gasteiger partial charge in [-0.05, 0) is 55.2 Å². The minimum atomic E-state index is -0.289. The zero-order valence-corrected chi connectivity index (χ0v) is 16.5. The van der Waals surface area contributed by atoms with Crippen molar-refractivity contribution in [2.45, 2.75) is 37.6 Å². The lowest BCUT2D eigenvalue weighted by Gasteiger charge is -2.43. The fraction of sp³-hybridized carbons (Fsp3) is 0.318. The summed E-state index contributed by atoms with van der Waals surface area (Å²) in [5, 5.41) is 0. The number of rotatable bonds is 5. The van der Waals surface area contributed by atoms with E-state index in [1.807, 2.05) is 35.2 Å². The molecule has 0 aromatic heterocycles. The molecule has 2 aromatic carbocycles. The van der Waals surface area contributed by atoms with Gasteiger partial charge in [0.1, 0.15) is 5.82 Å². The second-order valence-electron chi connectivity index (χ2n) is 7.02. The van der Waals surface area contributed by atoms with Crippen molar-refractivity contribution >= 4 is 21.8 Å². The first-order chi connectivity index (χ1) is 12.4. The molecule has 1 aliphatic rings. The van der Waals surface area contributed by atoms with Gasteiger partial charge in [0, 0.05) is 22.9 Å². The number of carbonyl (C=O) groups is 1. The van der Waals surface area contributed by atoms with Crippen LogP contribution in [0.25, 0.3) is 0 Å². The molecule has 0 radical (unpaired) electrons. The van der Waals surface area contributed by atoms with Gasteiger partial charge in [0.2, 0.25) is 5.91 Å². The maximum atomic E-state index is 13.3. The van der Waals surface area contributed by atoms with Crippen LogP contribution >= 0.6 is 15.9 Å². The third kappa shape index (κ3) is 3.75. The highest BCUT2D eigenvalue weighted by Crippen LogP contribution is 2.41. The summed E-state index contributed by atoms with van der Waals surface area (Å²) in [4.78, 5) is 15.0. The molecule has 0 aliphatic carbocycles. The van der Waals surface area contributed by atoms with Gasteiger partial charge in [-0.3, -0.25) is 4.79 Å². The zero-order chi connectivity index (χ0) is 18.7. The van der Waals surface area contributed by atoms with E-state index in [1.165, 1.54) is 12.1 Å². The van der Waals surface area contributed by atoms with E-state index in [-0.39, 0.29) is 23.2 Å². The van der Waals surface area contributed by atoms with Gasteiger partial charge in [0.05, 0.1) is 6.04 Å². The number of piperidine rings is 1. The van der Waals surface area contributed by atoms with E-state index >= 15 is 0 Å². The predicted molar refractivity (Wildman–Crippen MR) is 106 cm³/mol. The second-order valence-corrected chi connectivity index (χ2v) is 7.94. The lowest BCUT2D eigenvalue weighted by atomic mass is 9.70. The van der Waals surface area contributed by atoms with Crippen LogP contribution in [0.4, 0.5) is 4.39 Å². The molecule has 2 aromatic rings. The number of likely N-dealkylation sites (tertiary alicyclic amines) is 1. The minimum Gasteiger partial charge on any atom is -0.336 e. The molecule has 2 nitrogen and oxygen atoms in total. The normalized spacial score (nSPS) is 21.5. The number of hydrogen-bond acceptors (Lipinski definition) is 1. The van der Waals surface area contributed by atoms with Gasteiger partial charge in [0.15, 0.2) is 0 Å². The molecule has 1 fully saturated rings. The van der Waals surface area contributed by atoms with E-state index in [2.05, 4.69) is 29.4 Å². The quantitative estimate of drug-likeness (QED) is 0.566. The third-order valence-corrected chi connectivity index (χ3v) is 5.98. The summed E-state index contributed by atoms with van der Waals surface area (Å²) in [7, 11) is 0. The molecule has 1 amide bonds. The SMILES string of the molecule is C=CC[C@@]1(c2ccc(F)cc2)CCN([C@@H](C)c2ccc(Br)cc2)C(=O)C1. The van der Waals surface area contributed by atoms with Crippen LogP contribution < -0.4 is 0 Å². The Morgan fingerprint density at radius 3 is 2.46 bits per heavy atom. The Balaban J connectivity index is 1.83. The summed E-state index contributed by atoms with van der Waals surface area (Å²) in [5.74, 6) is -0.118. The Hall–Kier alpha value is -1.94. The fourth-order valence-electron chi connectivity index (χ4n) is 3.89. The van der Waals surface area contributed by atoms with Crippen molar-refractivity contribution < 1.29 is 9.18 Å². The molecule has 3 rings (SSSR count). The van der Waals surface area contributed by atoms with Gasteiger partial charge in [-0.1, -0.05) is 46.3 Å². The first kappa shape index (κ1) is 18.8. The molecule has 4 heteroatoms. The van der Waals surface area contributed by atoms with E-state index in [0.717, 1.165) is 22.0 Å². The number of halogens is 2. The molecule has 1 heterocycles. The van der Waals surface area contributed by atoms with Crippen LogP contribution in [-0.4, -0.2) is 17.4 Å². The smallest absolute Gasteiger partial charge is 0.223 e. The molecule has 0 N–H and O–H groups in total. The monoisotopic (exact) mass is 415 g/mol. The van der Waals surface area contributed by atoms with Crippen molar-refractivity contribution in [2.24, 2.45) is 0 Å². The van der Waals surface area contributed by atoms with Gasteiger partial charge in [-0.15, -0.1) is 6.58 Å². The van der Waals surface area contributed by atoms with E-state index in [1.54, 1.807) is 12.1 Å². The van der Waals surface area contributed by atoms with Gasteiger partial charge in [0.25, 0.3) is 0 Å². The van der Waals surface area contributed by atoms with Crippen LogP contribution in [0, 0.1) is 5.82 Å². The van der Waals surface area contributed by atoms with Crippen molar-refractivity contribution in [3.63, 3.8) is 0 Å². The number of carbonyl (C=O) groups excluding carboxylic acids is 1. The lowest BCUT2D eigenvalue weighted by molar-refractivity contribution is -0.138. The van der Waals surface area contributed by atoms with Crippen molar-refractivity contribution in [3.05, 3.63) is 82.6 Å². The predicted octanol–water partition coefficient (Wildman–Crippen LogP) is 5.79. The summed E-state index contributed by atoms with van der Waals surface area (Å²) in [6.07, 6.45) is 3.85. The minimum absolute atomic E-state index is 0.0329. The molecular weight excluding hydrogens is 393 g/mol. The Morgan fingerprint density at radius 2 is 1.88 bits per heavy atom. The number of benzene rings is 2. The Bertz CT molecular complexity index is 787. The summed E-state index contributed by atoms with van der Waals surface area (Å²) in [6, 6.07) is 14.7. The summed E-state index contributed by atoms with van der Waals surface area (Å²) >= 11 is 3.45. The highest BCUT2D eigenvalue weighted by atomic mass is 79.9. The first-order valence-corrected chi connectivity index (χ1v) is 9.66. The Labute approximate surface area is 162 Å². The molecule has 0 unspecified atom stereocenters. The molecule has 1 saturated heterocycles. The maximum Gasteiger partial charge on any atom is 0.223 e. The van der Waals surface area contributed by atoms with Crippen LogP contribution in [0.1, 0.15) is 43.4 Å². The Morgan fingerprint density at radius 1 is 1.23 bits per heavy atom. The number of hydrogen-bond donors (Lipinski definition) is 0. The standard InChI is InChI=1S/C22H23BrFNO/c1-3-12-22(18-6-10-20(24)11-7-18)13-14-25(21(26)15-22)16(2)17-4-8-19(23)9-5-17/h3-11,16H,1,12-15H2,2H3/t16-,22+/m0/s1. The lowest BCUT2D eigenvalue weighted by Crippen LogP contribution is -2.47. The molecule has 136 valence electrons. The average Bonchev–Trinajstić information content (AvgIpc) is 2.63. The number of nitrogens with zero attached hydrogens (tertiary/aromatic N) is 1. The topological polar surface area (TPSA) is 20.3 Å². The fourth-order valence-corrected chi connectivity index (χ4v) is 4.15. The third-order valence-electron chi connectivity index (χ3n) is 5.45. The largest absolute Gasteiger partial charge is 0.336 e. The molecule has 26 heavy (non-hydrogen) atoms. The van der Waals surface area contributed by atoms with Crippen LogP contribution in [0.2, 0.25) is 0 Å². The molecule has 1 aliphatic heterocycles. The van der Waals surface area contributed by atoms with Crippen LogP contribution in [0.3, 0.4) is 0 Å². The summed E-state index contributed by atoms with van der Waals surface area (Å²) < 4.78 is 14.4. The van der Waals surface area contributed by atoms with Crippen molar-refractivity contribution in [2.75, 3.05) is 6.54 Å². The van der Waals surface area contributed by atoms with Crippen molar-refractivity contribution in [1.82, 2.24) is 4.90 Å². The maximum absolute atomic E-state index is 13.3. The highest BCUT2D eigenvalue weighted by molar-refractivity contribution is 9.10. The van der Waals surface area contributed by atoms with E-state index in [0.29, 0.717) is 19.4 Å². The van der Waals surface area contributed by atoms with E-state index in [4.69, 9.17) is 0 Å². The first-order valence-electron chi connectivity index (χ1n) is 8.87. The molecular formula is C22H23BrFNO. The highest BCUT2D eigenvalue weighted by Gasteiger charge is 2.40. The van der Waals surface area contributed by atoms with Crippen LogP contribution in [0.15, 0.2) is 65.7 Å². The summed E-state index contributed by atoms with van der Waals surface area (Å²) in [5.41, 5.74) is 1.85. The number of allylic oxidation sites excluding steroid dienone is 1. The van der Waals surface area contributed by atoms with E-state index in [9.17, 15) is 9.18 Å². The van der Waals surface area contributed by atoms with Crippen LogP contribution in [-0.2, 0) is 10.2 Å². The van der Waals surface area contributed by atoms with Crippen LogP contribution in [0.5, 0.6) is 0 Å². The number of amides is 1. The molecule has 0 saturated carbocycles. The molecule has 0 bridgehead atoms. The zero-order valence-electron chi connectivity index (χ0n) is 14.9. The molecule has 0 spiro atoms. The summed E-state index contributed by atoms with van der Waals surface area (Å²) in [6.45, 7) is 6.63. The average molecular weight is 416 g/mol. The van der Waals surface area contributed by atoms with Crippen molar-refractivity contribution in [3.8, 4) is 0 Å². The van der Waals surface area contributed by atoms with Gasteiger partial charge >= 0.3 is 0 Å². The van der Waals surface area contributed by atoms with Gasteiger partial charge < -0.3 is 4.90 Å². The van der Waals surface area contributed by atoms with Crippen molar-refractivity contribution in [1.29, 1.82) is 0 Å². The molecule has 2 atom stereocenters. The van der Waals surface area contributed by atoms with E-state index < -0.39 is 0 Å². The second kappa shape index (κ2) is 7.75. The Kier molecular flexibility index (Phi) is 5.61. The van der Waals surface area contributed by atoms with Gasteiger partial charge in [-0.2, -0.15) is 0 Å².